The molecule has 2 N–H and O–H groups in total. The lowest BCUT2D eigenvalue weighted by molar-refractivity contribution is 0.0384. The molecule has 2 aromatic heterocycles. The average Bonchev–Trinajstić information content (AvgIpc) is 3.25. The Kier molecular flexibility index (Phi) is 9.50. The second-order valence-corrected chi connectivity index (χ2v) is 12.3. The molecule has 1 atom stereocenters. The summed E-state index contributed by atoms with van der Waals surface area (Å²) in [6.07, 6.45) is 4.12. The number of nitrogens with one attached hydrogen (secondary N) is 2. The molecule has 4 rings (SSSR count). The standard InChI is InChI=1S/C29H43ClN6O2/c1-19(2)38-21-7-8-23(22(30)18-21)31-28-32-24(10-12-36-13-15-37-16-14-36)26-27(35-28)34-25(33-26)17-20(3)9-11-29(4,5)6/h7-8,18-20H,9-17H2,1-6H3,(H2,31,32,33,34,35). The van der Waals surface area contributed by atoms with Crippen molar-refractivity contribution in [2.45, 2.75) is 73.3 Å². The Bertz CT molecular complexity index is 1200. The maximum absolute atomic E-state index is 6.57. The van der Waals surface area contributed by atoms with E-state index in [-0.39, 0.29) is 6.10 Å². The Morgan fingerprint density at radius 3 is 2.58 bits per heavy atom. The van der Waals surface area contributed by atoms with Crippen molar-refractivity contribution in [1.82, 2.24) is 24.8 Å². The molecule has 1 unspecified atom stereocenters. The van der Waals surface area contributed by atoms with Crippen LogP contribution in [0.3, 0.4) is 0 Å². The van der Waals surface area contributed by atoms with Crippen LogP contribution < -0.4 is 10.1 Å². The number of hydrogen-bond acceptors (Lipinski definition) is 7. The van der Waals surface area contributed by atoms with Gasteiger partial charge in [-0.3, -0.25) is 4.90 Å². The van der Waals surface area contributed by atoms with Gasteiger partial charge in [-0.15, -0.1) is 0 Å². The smallest absolute Gasteiger partial charge is 0.229 e. The fourth-order valence-electron chi connectivity index (χ4n) is 4.60. The highest BCUT2D eigenvalue weighted by Crippen LogP contribution is 2.30. The Morgan fingerprint density at radius 1 is 1.13 bits per heavy atom. The number of aromatic nitrogens is 4. The lowest BCUT2D eigenvalue weighted by Crippen LogP contribution is -2.37. The Hall–Kier alpha value is -2.42. The first-order valence-corrected chi connectivity index (χ1v) is 14.2. The molecule has 1 saturated heterocycles. The highest BCUT2D eigenvalue weighted by Gasteiger charge is 2.19. The first-order valence-electron chi connectivity index (χ1n) is 13.8. The van der Waals surface area contributed by atoms with Crippen molar-refractivity contribution < 1.29 is 9.47 Å². The summed E-state index contributed by atoms with van der Waals surface area (Å²) in [4.78, 5) is 20.5. The number of imidazole rings is 1. The molecule has 0 radical (unpaired) electrons. The van der Waals surface area contributed by atoms with Crippen LogP contribution in [0.15, 0.2) is 18.2 Å². The van der Waals surface area contributed by atoms with E-state index in [1.807, 2.05) is 32.0 Å². The van der Waals surface area contributed by atoms with Crippen LogP contribution in [0.5, 0.6) is 5.75 Å². The molecule has 9 heteroatoms. The van der Waals surface area contributed by atoms with E-state index in [2.05, 4.69) is 42.9 Å². The minimum Gasteiger partial charge on any atom is -0.491 e. The minimum atomic E-state index is 0.0784. The molecule has 3 heterocycles. The van der Waals surface area contributed by atoms with Gasteiger partial charge in [0.1, 0.15) is 17.1 Å². The van der Waals surface area contributed by atoms with E-state index in [1.54, 1.807) is 0 Å². The second-order valence-electron chi connectivity index (χ2n) is 11.9. The van der Waals surface area contributed by atoms with E-state index >= 15 is 0 Å². The molecular weight excluding hydrogens is 500 g/mol. The number of rotatable bonds is 11. The summed E-state index contributed by atoms with van der Waals surface area (Å²) in [7, 11) is 0. The molecule has 0 amide bonds. The molecule has 1 aromatic carbocycles. The zero-order chi connectivity index (χ0) is 27.3. The zero-order valence-corrected chi connectivity index (χ0v) is 24.5. The van der Waals surface area contributed by atoms with E-state index in [1.165, 1.54) is 6.42 Å². The fourth-order valence-corrected chi connectivity index (χ4v) is 4.82. The zero-order valence-electron chi connectivity index (χ0n) is 23.7. The largest absolute Gasteiger partial charge is 0.491 e. The van der Waals surface area contributed by atoms with Gasteiger partial charge in [-0.2, -0.15) is 4.98 Å². The molecular formula is C29H43ClN6O2. The molecule has 0 saturated carbocycles. The van der Waals surface area contributed by atoms with Gasteiger partial charge in [0.15, 0.2) is 5.65 Å². The molecule has 0 bridgehead atoms. The van der Waals surface area contributed by atoms with Crippen LogP contribution in [0, 0.1) is 11.3 Å². The van der Waals surface area contributed by atoms with Crippen molar-refractivity contribution in [3.63, 3.8) is 0 Å². The number of fused-ring (bicyclic) bond motifs is 1. The maximum atomic E-state index is 6.57. The highest BCUT2D eigenvalue weighted by molar-refractivity contribution is 6.33. The van der Waals surface area contributed by atoms with E-state index in [0.29, 0.717) is 28.0 Å². The van der Waals surface area contributed by atoms with Crippen LogP contribution in [-0.4, -0.2) is 63.8 Å². The Labute approximate surface area is 231 Å². The molecule has 3 aromatic rings. The number of morpholine rings is 1. The van der Waals surface area contributed by atoms with E-state index < -0.39 is 0 Å². The van der Waals surface area contributed by atoms with Gasteiger partial charge in [-0.25, -0.2) is 9.97 Å². The van der Waals surface area contributed by atoms with Crippen molar-refractivity contribution in [3.8, 4) is 5.75 Å². The van der Waals surface area contributed by atoms with Gasteiger partial charge in [-0.1, -0.05) is 39.3 Å². The number of nitrogens with zero attached hydrogens (tertiary/aromatic N) is 4. The summed E-state index contributed by atoms with van der Waals surface area (Å²) < 4.78 is 11.3. The molecule has 38 heavy (non-hydrogen) atoms. The van der Waals surface area contributed by atoms with Crippen LogP contribution >= 0.6 is 11.6 Å². The summed E-state index contributed by atoms with van der Waals surface area (Å²) in [6, 6.07) is 5.61. The number of benzene rings is 1. The Balaban J connectivity index is 1.57. The molecule has 208 valence electrons. The molecule has 8 nitrogen and oxygen atoms in total. The molecule has 1 aliphatic rings. The van der Waals surface area contributed by atoms with Gasteiger partial charge in [0.2, 0.25) is 5.95 Å². The number of halogens is 1. The van der Waals surface area contributed by atoms with E-state index in [9.17, 15) is 0 Å². The van der Waals surface area contributed by atoms with Gasteiger partial charge in [-0.05, 0) is 50.2 Å². The monoisotopic (exact) mass is 542 g/mol. The summed E-state index contributed by atoms with van der Waals surface area (Å²) in [5.41, 5.74) is 3.64. The SMILES string of the molecule is CC(CCC(C)(C)C)Cc1nc2nc(Nc3ccc(OC(C)C)cc3Cl)nc(CCN3CCOCC3)c2[nH]1. The van der Waals surface area contributed by atoms with Crippen molar-refractivity contribution in [2.75, 3.05) is 38.2 Å². The predicted molar refractivity (Wildman–Crippen MR) is 155 cm³/mol. The highest BCUT2D eigenvalue weighted by atomic mass is 35.5. The van der Waals surface area contributed by atoms with Crippen molar-refractivity contribution in [2.24, 2.45) is 11.3 Å². The van der Waals surface area contributed by atoms with Gasteiger partial charge in [0, 0.05) is 38.5 Å². The molecule has 1 aliphatic heterocycles. The summed E-state index contributed by atoms with van der Waals surface area (Å²) in [5.74, 6) is 2.72. The number of aromatic amines is 1. The third-order valence-corrected chi connectivity index (χ3v) is 7.04. The number of hydrogen-bond donors (Lipinski definition) is 2. The Morgan fingerprint density at radius 2 is 1.89 bits per heavy atom. The third-order valence-electron chi connectivity index (χ3n) is 6.73. The van der Waals surface area contributed by atoms with Gasteiger partial charge >= 0.3 is 0 Å². The first-order chi connectivity index (χ1) is 18.1. The quantitative estimate of drug-likeness (QED) is 0.289. The van der Waals surface area contributed by atoms with Crippen LogP contribution in [0.1, 0.15) is 65.9 Å². The van der Waals surface area contributed by atoms with Crippen LogP contribution in [0.25, 0.3) is 11.2 Å². The van der Waals surface area contributed by atoms with Gasteiger partial charge < -0.3 is 19.8 Å². The summed E-state index contributed by atoms with van der Waals surface area (Å²) in [6.45, 7) is 17.5. The molecule has 0 aliphatic carbocycles. The van der Waals surface area contributed by atoms with E-state index in [4.69, 9.17) is 36.0 Å². The number of anilines is 2. The lowest BCUT2D eigenvalue weighted by Gasteiger charge is -2.26. The van der Waals surface area contributed by atoms with Crippen LogP contribution in [-0.2, 0) is 17.6 Å². The van der Waals surface area contributed by atoms with Crippen molar-refractivity contribution in [1.29, 1.82) is 0 Å². The predicted octanol–water partition coefficient (Wildman–Crippen LogP) is 6.42. The topological polar surface area (TPSA) is 88.2 Å². The summed E-state index contributed by atoms with van der Waals surface area (Å²) in [5, 5.41) is 3.87. The second kappa shape index (κ2) is 12.6. The minimum absolute atomic E-state index is 0.0784. The van der Waals surface area contributed by atoms with Crippen molar-refractivity contribution in [3.05, 3.63) is 34.7 Å². The van der Waals surface area contributed by atoms with Crippen LogP contribution in [0.4, 0.5) is 11.6 Å². The first kappa shape index (κ1) is 28.6. The van der Waals surface area contributed by atoms with Gasteiger partial charge in [0.25, 0.3) is 0 Å². The van der Waals surface area contributed by atoms with Crippen LogP contribution in [0.2, 0.25) is 5.02 Å². The fraction of sp³-hybridized carbons (Fsp3) is 0.621. The molecule has 0 spiro atoms. The summed E-state index contributed by atoms with van der Waals surface area (Å²) >= 11 is 6.57. The third kappa shape index (κ3) is 8.29. The number of H-pyrrole nitrogens is 1. The maximum Gasteiger partial charge on any atom is 0.229 e. The molecule has 1 fully saturated rings. The lowest BCUT2D eigenvalue weighted by atomic mass is 9.86. The number of ether oxygens (including phenoxy) is 2. The van der Waals surface area contributed by atoms with E-state index in [0.717, 1.165) is 80.6 Å². The van der Waals surface area contributed by atoms with Crippen molar-refractivity contribution >= 4 is 34.4 Å². The van der Waals surface area contributed by atoms with Gasteiger partial charge in [0.05, 0.1) is 35.7 Å². The normalized spacial score (nSPS) is 15.8. The average molecular weight is 543 g/mol.